The summed E-state index contributed by atoms with van der Waals surface area (Å²) in [6.07, 6.45) is 8.71. The maximum atomic E-state index is 13.1. The second kappa shape index (κ2) is 8.20. The third-order valence-electron chi connectivity index (χ3n) is 7.48. The molecule has 0 bridgehead atoms. The molecule has 1 aliphatic heterocycles. The lowest BCUT2D eigenvalue weighted by molar-refractivity contribution is 0.0775. The van der Waals surface area contributed by atoms with Gasteiger partial charge < -0.3 is 4.90 Å². The zero-order valence-corrected chi connectivity index (χ0v) is 20.1. The van der Waals surface area contributed by atoms with Crippen LogP contribution in [-0.2, 0) is 6.42 Å². The maximum Gasteiger partial charge on any atom is 0.258 e. The van der Waals surface area contributed by atoms with E-state index in [-0.39, 0.29) is 5.56 Å². The van der Waals surface area contributed by atoms with Gasteiger partial charge in [-0.3, -0.25) is 19.1 Å². The molecular formula is C26H31N7O. The summed E-state index contributed by atoms with van der Waals surface area (Å²) >= 11 is 0. The highest BCUT2D eigenvalue weighted by Gasteiger charge is 2.32. The Balaban J connectivity index is 1.31. The minimum atomic E-state index is -0.0925. The lowest BCUT2D eigenvalue weighted by atomic mass is 9.89. The lowest BCUT2D eigenvalue weighted by Crippen LogP contribution is -2.57. The summed E-state index contributed by atoms with van der Waals surface area (Å²) in [4.78, 5) is 27.6. The molecule has 1 atom stereocenters. The van der Waals surface area contributed by atoms with Gasteiger partial charge in [0, 0.05) is 44.0 Å². The number of anilines is 1. The summed E-state index contributed by atoms with van der Waals surface area (Å²) in [6, 6.07) is 8.88. The van der Waals surface area contributed by atoms with Crippen molar-refractivity contribution in [2.75, 3.05) is 24.5 Å². The average molecular weight is 458 g/mol. The first-order chi connectivity index (χ1) is 16.5. The quantitative estimate of drug-likeness (QED) is 0.468. The smallest absolute Gasteiger partial charge is 0.258 e. The lowest BCUT2D eigenvalue weighted by Gasteiger charge is -2.47. The molecule has 2 fully saturated rings. The van der Waals surface area contributed by atoms with E-state index in [1.165, 1.54) is 19.3 Å². The topological polar surface area (TPSA) is 71.0 Å². The van der Waals surface area contributed by atoms with Gasteiger partial charge in [0.2, 0.25) is 0 Å². The molecule has 1 aliphatic carbocycles. The van der Waals surface area contributed by atoms with E-state index in [1.54, 1.807) is 10.5 Å². The normalized spacial score (nSPS) is 19.7. The molecule has 5 heterocycles. The Morgan fingerprint density at radius 3 is 2.65 bits per heavy atom. The molecule has 0 aromatic carbocycles. The highest BCUT2D eigenvalue weighted by molar-refractivity contribution is 5.66. The largest absolute Gasteiger partial charge is 0.367 e. The van der Waals surface area contributed by atoms with Crippen LogP contribution in [0.5, 0.6) is 0 Å². The van der Waals surface area contributed by atoms with Crippen LogP contribution in [0.4, 0.5) is 5.69 Å². The Labute approximate surface area is 198 Å². The molecule has 8 nitrogen and oxygen atoms in total. The molecule has 1 saturated heterocycles. The first kappa shape index (κ1) is 21.3. The SMILES string of the molecule is CCc1nc(C)cn2nc(-c3cc(=O)n4cc(N5CCN(C6CCC6)C(C)C5)ccc4n3)cc12. The maximum absolute atomic E-state index is 13.1. The first-order valence-corrected chi connectivity index (χ1v) is 12.4. The highest BCUT2D eigenvalue weighted by atomic mass is 16.1. The minimum Gasteiger partial charge on any atom is -0.367 e. The van der Waals surface area contributed by atoms with Crippen molar-refractivity contribution in [3.05, 3.63) is 58.4 Å². The predicted molar refractivity (Wildman–Crippen MR) is 134 cm³/mol. The molecule has 0 amide bonds. The Morgan fingerprint density at radius 1 is 1.06 bits per heavy atom. The van der Waals surface area contributed by atoms with Gasteiger partial charge in [0.15, 0.2) is 0 Å². The van der Waals surface area contributed by atoms with Gasteiger partial charge in [0.1, 0.15) is 11.3 Å². The number of nitrogens with zero attached hydrogens (tertiary/aromatic N) is 7. The summed E-state index contributed by atoms with van der Waals surface area (Å²) in [5.41, 5.74) is 5.75. The van der Waals surface area contributed by atoms with Crippen LogP contribution in [0.25, 0.3) is 22.6 Å². The van der Waals surface area contributed by atoms with Gasteiger partial charge in [0.05, 0.1) is 34.5 Å². The van der Waals surface area contributed by atoms with Gasteiger partial charge >= 0.3 is 0 Å². The molecule has 176 valence electrons. The molecule has 6 rings (SSSR count). The fourth-order valence-electron chi connectivity index (χ4n) is 5.45. The van der Waals surface area contributed by atoms with E-state index in [0.29, 0.717) is 23.1 Å². The van der Waals surface area contributed by atoms with Crippen molar-refractivity contribution in [1.82, 2.24) is 28.9 Å². The van der Waals surface area contributed by atoms with Crippen LogP contribution in [0.3, 0.4) is 0 Å². The summed E-state index contributed by atoms with van der Waals surface area (Å²) in [5, 5.41) is 4.69. The van der Waals surface area contributed by atoms with Crippen molar-refractivity contribution in [3.63, 3.8) is 0 Å². The van der Waals surface area contributed by atoms with Gasteiger partial charge in [-0.15, -0.1) is 0 Å². The summed E-state index contributed by atoms with van der Waals surface area (Å²) < 4.78 is 3.49. The summed E-state index contributed by atoms with van der Waals surface area (Å²) in [7, 11) is 0. The van der Waals surface area contributed by atoms with E-state index in [9.17, 15) is 4.79 Å². The van der Waals surface area contributed by atoms with Crippen molar-refractivity contribution in [1.29, 1.82) is 0 Å². The number of hydrogen-bond donors (Lipinski definition) is 0. The molecule has 2 aliphatic rings. The monoisotopic (exact) mass is 457 g/mol. The van der Waals surface area contributed by atoms with Crippen molar-refractivity contribution < 1.29 is 0 Å². The van der Waals surface area contributed by atoms with Crippen molar-refractivity contribution in [3.8, 4) is 11.4 Å². The van der Waals surface area contributed by atoms with Gasteiger partial charge in [-0.1, -0.05) is 13.3 Å². The number of aryl methyl sites for hydroxylation is 2. The number of rotatable bonds is 4. The standard InChI is InChI=1S/C26H31N7O/c1-4-21-24-12-23(29-33(24)14-17(2)27-21)22-13-26(34)32-16-20(8-9-25(32)28-22)30-10-11-31(18(3)15-30)19-6-5-7-19/h8-9,12-14,16,18-19H,4-7,10-11,15H2,1-3H3. The average Bonchev–Trinajstić information content (AvgIpc) is 3.22. The minimum absolute atomic E-state index is 0.0925. The zero-order valence-electron chi connectivity index (χ0n) is 20.1. The Hall–Kier alpha value is -3.26. The second-order valence-corrected chi connectivity index (χ2v) is 9.75. The van der Waals surface area contributed by atoms with Crippen LogP contribution < -0.4 is 10.5 Å². The third-order valence-corrected chi connectivity index (χ3v) is 7.48. The molecule has 1 saturated carbocycles. The van der Waals surface area contributed by atoms with E-state index in [2.05, 4.69) is 39.8 Å². The van der Waals surface area contributed by atoms with E-state index >= 15 is 0 Å². The van der Waals surface area contributed by atoms with Crippen LogP contribution in [0.15, 0.2) is 41.5 Å². The first-order valence-electron chi connectivity index (χ1n) is 12.4. The van der Waals surface area contributed by atoms with Gasteiger partial charge in [-0.05, 0) is 51.3 Å². The van der Waals surface area contributed by atoms with E-state index in [1.807, 2.05) is 36.0 Å². The van der Waals surface area contributed by atoms with Gasteiger partial charge in [0.25, 0.3) is 5.56 Å². The zero-order chi connectivity index (χ0) is 23.4. The van der Waals surface area contributed by atoms with Crippen LogP contribution in [0, 0.1) is 6.92 Å². The number of hydrogen-bond acceptors (Lipinski definition) is 6. The molecule has 0 radical (unpaired) electrons. The van der Waals surface area contributed by atoms with Crippen molar-refractivity contribution in [2.45, 2.75) is 58.5 Å². The fraction of sp³-hybridized carbons (Fsp3) is 0.462. The fourth-order valence-corrected chi connectivity index (χ4v) is 5.45. The molecule has 34 heavy (non-hydrogen) atoms. The van der Waals surface area contributed by atoms with E-state index in [0.717, 1.165) is 54.7 Å². The van der Waals surface area contributed by atoms with E-state index < -0.39 is 0 Å². The number of piperazine rings is 1. The molecule has 4 aromatic rings. The van der Waals surface area contributed by atoms with Crippen LogP contribution in [-0.4, -0.2) is 60.6 Å². The third kappa shape index (κ3) is 3.57. The van der Waals surface area contributed by atoms with Gasteiger partial charge in [-0.2, -0.15) is 5.10 Å². The molecule has 8 heteroatoms. The molecule has 1 unspecified atom stereocenters. The number of pyridine rings is 1. The molecule has 0 N–H and O–H groups in total. The summed E-state index contributed by atoms with van der Waals surface area (Å²) in [5.74, 6) is 0. The number of aromatic nitrogens is 5. The van der Waals surface area contributed by atoms with Crippen LogP contribution in [0.1, 0.15) is 44.5 Å². The highest BCUT2D eigenvalue weighted by Crippen LogP contribution is 2.29. The van der Waals surface area contributed by atoms with E-state index in [4.69, 9.17) is 4.98 Å². The second-order valence-electron chi connectivity index (χ2n) is 9.75. The predicted octanol–water partition coefficient (Wildman–Crippen LogP) is 3.34. The Kier molecular flexibility index (Phi) is 5.13. The Morgan fingerprint density at radius 2 is 1.91 bits per heavy atom. The van der Waals surface area contributed by atoms with Crippen LogP contribution >= 0.6 is 0 Å². The number of fused-ring (bicyclic) bond motifs is 2. The van der Waals surface area contributed by atoms with Gasteiger partial charge in [-0.25, -0.2) is 9.50 Å². The van der Waals surface area contributed by atoms with Crippen LogP contribution in [0.2, 0.25) is 0 Å². The van der Waals surface area contributed by atoms with Crippen molar-refractivity contribution >= 4 is 16.9 Å². The van der Waals surface area contributed by atoms with Crippen molar-refractivity contribution in [2.24, 2.45) is 0 Å². The summed E-state index contributed by atoms with van der Waals surface area (Å²) in [6.45, 7) is 9.42. The molecule has 4 aromatic heterocycles. The molecule has 0 spiro atoms. The molecular weight excluding hydrogens is 426 g/mol. The Bertz CT molecular complexity index is 1430.